The molecule has 0 aliphatic heterocycles. The lowest BCUT2D eigenvalue weighted by molar-refractivity contribution is -0.139. The number of hydrogen-bond donors (Lipinski definition) is 1. The Morgan fingerprint density at radius 1 is 1.10 bits per heavy atom. The van der Waals surface area contributed by atoms with Crippen molar-refractivity contribution in [3.8, 4) is 0 Å². The van der Waals surface area contributed by atoms with Crippen molar-refractivity contribution >= 4 is 46.8 Å². The van der Waals surface area contributed by atoms with Gasteiger partial charge in [-0.15, -0.1) is 11.8 Å². The molecule has 168 valence electrons. The van der Waals surface area contributed by atoms with Crippen LogP contribution in [-0.4, -0.2) is 34.6 Å². The van der Waals surface area contributed by atoms with Gasteiger partial charge in [0, 0.05) is 33.9 Å². The third-order valence-electron chi connectivity index (χ3n) is 4.78. The minimum atomic E-state index is -0.596. The zero-order valence-corrected chi connectivity index (χ0v) is 20.8. The van der Waals surface area contributed by atoms with Crippen LogP contribution in [0.3, 0.4) is 0 Å². The van der Waals surface area contributed by atoms with Crippen LogP contribution in [0.5, 0.6) is 0 Å². The maximum absolute atomic E-state index is 13.3. The Morgan fingerprint density at radius 3 is 2.32 bits per heavy atom. The zero-order valence-electron chi connectivity index (χ0n) is 18.5. The summed E-state index contributed by atoms with van der Waals surface area (Å²) in [6.07, 6.45) is 0.495. The molecule has 1 N–H and O–H groups in total. The lowest BCUT2D eigenvalue weighted by Crippen LogP contribution is -2.51. The Balaban J connectivity index is 2.20. The second kappa shape index (κ2) is 12.4. The summed E-state index contributed by atoms with van der Waals surface area (Å²) < 4.78 is 0. The number of aryl methyl sites for hydroxylation is 1. The fourth-order valence-corrected chi connectivity index (χ4v) is 4.67. The maximum Gasteiger partial charge on any atom is 0.243 e. The Bertz CT molecular complexity index is 885. The van der Waals surface area contributed by atoms with Crippen molar-refractivity contribution in [3.05, 3.63) is 69.2 Å². The Hall–Kier alpha value is -1.69. The summed E-state index contributed by atoms with van der Waals surface area (Å²) in [6, 6.07) is 12.9. The normalized spacial score (nSPS) is 12.0. The van der Waals surface area contributed by atoms with Crippen LogP contribution < -0.4 is 5.32 Å². The van der Waals surface area contributed by atoms with Gasteiger partial charge in [0.05, 0.1) is 5.75 Å². The van der Waals surface area contributed by atoms with E-state index in [0.717, 1.165) is 5.75 Å². The number of carbonyl (C=O) groups excluding carboxylic acids is 2. The molecule has 0 bridgehead atoms. The van der Waals surface area contributed by atoms with Gasteiger partial charge in [0.25, 0.3) is 0 Å². The summed E-state index contributed by atoms with van der Waals surface area (Å²) in [6.45, 7) is 7.94. The summed E-state index contributed by atoms with van der Waals surface area (Å²) >= 11 is 14.3. The third kappa shape index (κ3) is 7.74. The predicted octanol–water partition coefficient (Wildman–Crippen LogP) is 5.87. The number of benzene rings is 2. The van der Waals surface area contributed by atoms with E-state index >= 15 is 0 Å². The summed E-state index contributed by atoms with van der Waals surface area (Å²) in [5.41, 5.74) is 3.01. The highest BCUT2D eigenvalue weighted by Gasteiger charge is 2.29. The number of rotatable bonds is 10. The zero-order chi connectivity index (χ0) is 23.0. The molecule has 0 aliphatic rings. The van der Waals surface area contributed by atoms with Gasteiger partial charge < -0.3 is 10.2 Å². The van der Waals surface area contributed by atoms with E-state index in [0.29, 0.717) is 22.0 Å². The summed E-state index contributed by atoms with van der Waals surface area (Å²) in [7, 11) is 0. The molecular formula is C24H30Cl2N2O2S. The first-order valence-corrected chi connectivity index (χ1v) is 12.3. The van der Waals surface area contributed by atoms with Crippen LogP contribution >= 0.6 is 35.0 Å². The minimum Gasteiger partial charge on any atom is -0.352 e. The van der Waals surface area contributed by atoms with Crippen molar-refractivity contribution in [3.63, 3.8) is 0 Å². The number of hydrogen-bond acceptors (Lipinski definition) is 3. The number of nitrogens with one attached hydrogen (secondary N) is 1. The minimum absolute atomic E-state index is 0.0156. The van der Waals surface area contributed by atoms with Gasteiger partial charge in [-0.25, -0.2) is 0 Å². The van der Waals surface area contributed by atoms with E-state index < -0.39 is 6.04 Å². The molecule has 0 unspecified atom stereocenters. The number of carbonyl (C=O) groups is 2. The average Bonchev–Trinajstić information content (AvgIpc) is 2.69. The summed E-state index contributed by atoms with van der Waals surface area (Å²) in [5, 5.41) is 3.89. The second-order valence-corrected chi connectivity index (χ2v) is 9.59. The second-order valence-electron chi connectivity index (χ2n) is 7.79. The van der Waals surface area contributed by atoms with E-state index in [4.69, 9.17) is 23.2 Å². The topological polar surface area (TPSA) is 49.4 Å². The van der Waals surface area contributed by atoms with Gasteiger partial charge in [0.2, 0.25) is 11.8 Å². The monoisotopic (exact) mass is 480 g/mol. The van der Waals surface area contributed by atoms with Gasteiger partial charge >= 0.3 is 0 Å². The molecule has 4 nitrogen and oxygen atoms in total. The van der Waals surface area contributed by atoms with Crippen LogP contribution in [0.1, 0.15) is 43.9 Å². The van der Waals surface area contributed by atoms with Gasteiger partial charge in [-0.2, -0.15) is 0 Å². The molecule has 2 aromatic rings. The van der Waals surface area contributed by atoms with Crippen LogP contribution in [0.2, 0.25) is 10.0 Å². The number of nitrogens with zero attached hydrogens (tertiary/aromatic N) is 1. The fraction of sp³-hybridized carbons (Fsp3) is 0.417. The first kappa shape index (κ1) is 25.6. The summed E-state index contributed by atoms with van der Waals surface area (Å²) in [5.74, 6) is 0.710. The van der Waals surface area contributed by atoms with Gasteiger partial charge in [0.15, 0.2) is 0 Å². The van der Waals surface area contributed by atoms with Crippen molar-refractivity contribution in [2.45, 2.75) is 58.5 Å². The predicted molar refractivity (Wildman–Crippen MR) is 132 cm³/mol. The molecule has 0 fully saturated rings. The fourth-order valence-electron chi connectivity index (χ4n) is 3.29. The Labute approximate surface area is 199 Å². The van der Waals surface area contributed by atoms with Gasteiger partial charge in [-0.3, -0.25) is 9.59 Å². The molecule has 31 heavy (non-hydrogen) atoms. The largest absolute Gasteiger partial charge is 0.352 e. The first-order chi connectivity index (χ1) is 14.7. The SMILES string of the molecule is CC[C@H](C(=O)NC(C)C)N(Cc1c(Cl)cccc1Cl)C(=O)CSCc1cccc(C)c1. The molecule has 0 aliphatic carbocycles. The van der Waals surface area contributed by atoms with Crippen LogP contribution in [0.15, 0.2) is 42.5 Å². The van der Waals surface area contributed by atoms with Crippen molar-refractivity contribution in [2.75, 3.05) is 5.75 Å². The van der Waals surface area contributed by atoms with Gasteiger partial charge in [-0.05, 0) is 44.9 Å². The average molecular weight is 481 g/mol. The molecule has 0 heterocycles. The number of amides is 2. The molecule has 0 radical (unpaired) electrons. The molecular weight excluding hydrogens is 451 g/mol. The maximum atomic E-state index is 13.3. The molecule has 2 rings (SSSR count). The van der Waals surface area contributed by atoms with Crippen molar-refractivity contribution in [1.82, 2.24) is 10.2 Å². The molecule has 0 aromatic heterocycles. The highest BCUT2D eigenvalue weighted by Crippen LogP contribution is 2.27. The van der Waals surface area contributed by atoms with Crippen LogP contribution in [0.25, 0.3) is 0 Å². The molecule has 2 aromatic carbocycles. The van der Waals surface area contributed by atoms with Gasteiger partial charge in [-0.1, -0.05) is 66.0 Å². The highest BCUT2D eigenvalue weighted by atomic mass is 35.5. The lowest BCUT2D eigenvalue weighted by atomic mass is 10.1. The van der Waals surface area contributed by atoms with Crippen LogP contribution in [-0.2, 0) is 21.9 Å². The van der Waals surface area contributed by atoms with Crippen LogP contribution in [0.4, 0.5) is 0 Å². The first-order valence-electron chi connectivity index (χ1n) is 10.4. The standard InChI is InChI=1S/C24H30Cl2N2O2S/c1-5-22(24(30)27-16(2)3)28(13-19-20(25)10-7-11-21(19)26)23(29)15-31-14-18-9-6-8-17(4)12-18/h6-12,16,22H,5,13-15H2,1-4H3,(H,27,30)/t22-/m1/s1. The Kier molecular flexibility index (Phi) is 10.2. The quantitative estimate of drug-likeness (QED) is 0.462. The van der Waals surface area contributed by atoms with E-state index in [1.807, 2.05) is 39.8 Å². The Morgan fingerprint density at radius 2 is 1.74 bits per heavy atom. The molecule has 1 atom stereocenters. The van der Waals surface area contributed by atoms with E-state index in [1.54, 1.807) is 23.1 Å². The molecule has 7 heteroatoms. The van der Waals surface area contributed by atoms with E-state index in [-0.39, 0.29) is 30.2 Å². The summed E-state index contributed by atoms with van der Waals surface area (Å²) in [4.78, 5) is 27.7. The van der Waals surface area contributed by atoms with Crippen LogP contribution in [0, 0.1) is 6.92 Å². The van der Waals surface area contributed by atoms with Crippen molar-refractivity contribution in [1.29, 1.82) is 0 Å². The highest BCUT2D eigenvalue weighted by molar-refractivity contribution is 7.99. The van der Waals surface area contributed by atoms with Gasteiger partial charge in [0.1, 0.15) is 6.04 Å². The molecule has 2 amide bonds. The smallest absolute Gasteiger partial charge is 0.243 e. The molecule has 0 spiro atoms. The number of thioether (sulfide) groups is 1. The van der Waals surface area contributed by atoms with Crippen molar-refractivity contribution < 1.29 is 9.59 Å². The van der Waals surface area contributed by atoms with E-state index in [1.165, 1.54) is 22.9 Å². The number of halogens is 2. The third-order valence-corrected chi connectivity index (χ3v) is 6.48. The van der Waals surface area contributed by atoms with E-state index in [2.05, 4.69) is 17.4 Å². The van der Waals surface area contributed by atoms with E-state index in [9.17, 15) is 9.59 Å². The molecule has 0 saturated carbocycles. The molecule has 0 saturated heterocycles. The lowest BCUT2D eigenvalue weighted by Gasteiger charge is -2.31. The van der Waals surface area contributed by atoms with Crippen molar-refractivity contribution in [2.24, 2.45) is 0 Å².